The molecule has 0 radical (unpaired) electrons. The molecule has 0 fully saturated rings. The molecule has 0 amide bonds. The van der Waals surface area contributed by atoms with E-state index in [4.69, 9.17) is 0 Å². The standard InChI is InChI=1S/C14H17Br2N3/c1-14(2,3)19-9-10(8-18-19)7-17-13-11(15)5-4-6-12(13)16/h4-6,8-9,17H,7H2,1-3H3. The maximum atomic E-state index is 4.40. The van der Waals surface area contributed by atoms with Gasteiger partial charge in [-0.3, -0.25) is 4.68 Å². The summed E-state index contributed by atoms with van der Waals surface area (Å²) in [6.45, 7) is 7.17. The first-order valence-corrected chi connectivity index (χ1v) is 7.68. The van der Waals surface area contributed by atoms with Crippen molar-refractivity contribution in [1.82, 2.24) is 9.78 Å². The predicted octanol–water partition coefficient (Wildman–Crippen LogP) is 4.78. The van der Waals surface area contributed by atoms with Crippen LogP contribution >= 0.6 is 31.9 Å². The third-order valence-electron chi connectivity index (χ3n) is 2.76. The summed E-state index contributed by atoms with van der Waals surface area (Å²) < 4.78 is 4.08. The van der Waals surface area contributed by atoms with Gasteiger partial charge in [-0.1, -0.05) is 6.07 Å². The number of aromatic nitrogens is 2. The highest BCUT2D eigenvalue weighted by atomic mass is 79.9. The van der Waals surface area contributed by atoms with Crippen LogP contribution in [0.1, 0.15) is 26.3 Å². The molecule has 0 spiro atoms. The second-order valence-corrected chi connectivity index (χ2v) is 7.12. The van der Waals surface area contributed by atoms with E-state index in [0.29, 0.717) is 0 Å². The van der Waals surface area contributed by atoms with Crippen LogP contribution in [0.3, 0.4) is 0 Å². The summed E-state index contributed by atoms with van der Waals surface area (Å²) in [6, 6.07) is 6.04. The molecule has 1 aromatic heterocycles. The first-order chi connectivity index (χ1) is 8.88. The minimum atomic E-state index is 0.0200. The Hall–Kier alpha value is -0.810. The lowest BCUT2D eigenvalue weighted by Crippen LogP contribution is -2.21. The third-order valence-corrected chi connectivity index (χ3v) is 4.08. The van der Waals surface area contributed by atoms with Crippen LogP contribution in [0, 0.1) is 0 Å². The fourth-order valence-electron chi connectivity index (χ4n) is 1.68. The van der Waals surface area contributed by atoms with Gasteiger partial charge in [0.1, 0.15) is 0 Å². The van der Waals surface area contributed by atoms with E-state index in [0.717, 1.165) is 26.7 Å². The number of hydrogen-bond donors (Lipinski definition) is 1. The second-order valence-electron chi connectivity index (χ2n) is 5.41. The van der Waals surface area contributed by atoms with Gasteiger partial charge in [0.2, 0.25) is 0 Å². The normalized spacial score (nSPS) is 11.6. The molecule has 1 N–H and O–H groups in total. The quantitative estimate of drug-likeness (QED) is 0.822. The van der Waals surface area contributed by atoms with Crippen LogP contribution in [0.5, 0.6) is 0 Å². The van der Waals surface area contributed by atoms with E-state index in [9.17, 15) is 0 Å². The molecule has 0 unspecified atom stereocenters. The van der Waals surface area contributed by atoms with Gasteiger partial charge in [-0.05, 0) is 64.8 Å². The molecule has 3 nitrogen and oxygen atoms in total. The van der Waals surface area contributed by atoms with Crippen molar-refractivity contribution in [3.05, 3.63) is 45.1 Å². The smallest absolute Gasteiger partial charge is 0.0631 e. The Balaban J connectivity index is 2.09. The molecule has 2 aromatic rings. The van der Waals surface area contributed by atoms with Crippen LogP contribution in [-0.2, 0) is 12.1 Å². The van der Waals surface area contributed by atoms with Crippen molar-refractivity contribution in [3.63, 3.8) is 0 Å². The SMILES string of the molecule is CC(C)(C)n1cc(CNc2c(Br)cccc2Br)cn1. The molecule has 5 heteroatoms. The number of rotatable bonds is 3. The summed E-state index contributed by atoms with van der Waals surface area (Å²) >= 11 is 7.09. The fourth-order valence-corrected chi connectivity index (χ4v) is 2.95. The van der Waals surface area contributed by atoms with E-state index in [2.05, 4.69) is 69.2 Å². The lowest BCUT2D eigenvalue weighted by molar-refractivity contribution is 0.355. The lowest BCUT2D eigenvalue weighted by atomic mass is 10.1. The van der Waals surface area contributed by atoms with E-state index in [1.807, 2.05) is 29.1 Å². The highest BCUT2D eigenvalue weighted by Crippen LogP contribution is 2.30. The van der Waals surface area contributed by atoms with Crippen molar-refractivity contribution >= 4 is 37.5 Å². The highest BCUT2D eigenvalue weighted by molar-refractivity contribution is 9.11. The maximum absolute atomic E-state index is 4.40. The Morgan fingerprint density at radius 3 is 2.37 bits per heavy atom. The fraction of sp³-hybridized carbons (Fsp3) is 0.357. The number of benzene rings is 1. The van der Waals surface area contributed by atoms with Crippen molar-refractivity contribution in [3.8, 4) is 0 Å². The van der Waals surface area contributed by atoms with Gasteiger partial charge in [-0.2, -0.15) is 5.10 Å². The van der Waals surface area contributed by atoms with Crippen molar-refractivity contribution in [2.75, 3.05) is 5.32 Å². The zero-order valence-electron chi connectivity index (χ0n) is 11.2. The van der Waals surface area contributed by atoms with E-state index in [1.54, 1.807) is 0 Å². The molecule has 1 aromatic carbocycles. The van der Waals surface area contributed by atoms with E-state index in [1.165, 1.54) is 0 Å². The van der Waals surface area contributed by atoms with Crippen LogP contribution in [0.15, 0.2) is 39.5 Å². The Morgan fingerprint density at radius 1 is 1.21 bits per heavy atom. The van der Waals surface area contributed by atoms with E-state index >= 15 is 0 Å². The Kier molecular flexibility index (Phi) is 4.36. The topological polar surface area (TPSA) is 29.9 Å². The summed E-state index contributed by atoms with van der Waals surface area (Å²) in [5, 5.41) is 7.81. The third kappa shape index (κ3) is 3.60. The minimum absolute atomic E-state index is 0.0200. The van der Waals surface area contributed by atoms with Gasteiger partial charge in [0, 0.05) is 27.3 Å². The van der Waals surface area contributed by atoms with Gasteiger partial charge in [0.25, 0.3) is 0 Å². The monoisotopic (exact) mass is 385 g/mol. The summed E-state index contributed by atoms with van der Waals surface area (Å²) in [4.78, 5) is 0. The first kappa shape index (κ1) is 14.6. The second kappa shape index (κ2) is 5.67. The molecule has 2 rings (SSSR count). The molecule has 0 saturated carbocycles. The molecule has 0 bridgehead atoms. The molecule has 102 valence electrons. The van der Waals surface area contributed by atoms with Crippen LogP contribution in [-0.4, -0.2) is 9.78 Å². The van der Waals surface area contributed by atoms with Crippen molar-refractivity contribution in [1.29, 1.82) is 0 Å². The first-order valence-electron chi connectivity index (χ1n) is 6.10. The van der Waals surface area contributed by atoms with Crippen molar-refractivity contribution in [2.45, 2.75) is 32.9 Å². The summed E-state index contributed by atoms with van der Waals surface area (Å²) in [7, 11) is 0. The zero-order valence-corrected chi connectivity index (χ0v) is 14.4. The number of halogens is 2. The number of nitrogens with one attached hydrogen (secondary N) is 1. The lowest BCUT2D eigenvalue weighted by Gasteiger charge is -2.18. The van der Waals surface area contributed by atoms with Gasteiger partial charge in [0.15, 0.2) is 0 Å². The number of nitrogens with zero attached hydrogens (tertiary/aromatic N) is 2. The van der Waals surface area contributed by atoms with Gasteiger partial charge >= 0.3 is 0 Å². The van der Waals surface area contributed by atoms with E-state index in [-0.39, 0.29) is 5.54 Å². The number of hydrogen-bond acceptors (Lipinski definition) is 2. The van der Waals surface area contributed by atoms with Crippen LogP contribution in [0.25, 0.3) is 0 Å². The van der Waals surface area contributed by atoms with Crippen molar-refractivity contribution < 1.29 is 0 Å². The van der Waals surface area contributed by atoms with Gasteiger partial charge in [0.05, 0.1) is 17.4 Å². The molecule has 19 heavy (non-hydrogen) atoms. The molecule has 0 saturated heterocycles. The summed E-state index contributed by atoms with van der Waals surface area (Å²) in [5.41, 5.74) is 2.25. The van der Waals surface area contributed by atoms with Crippen LogP contribution in [0.4, 0.5) is 5.69 Å². The zero-order chi connectivity index (χ0) is 14.0. The predicted molar refractivity (Wildman–Crippen MR) is 86.4 cm³/mol. The number of para-hydroxylation sites is 1. The van der Waals surface area contributed by atoms with Gasteiger partial charge in [-0.25, -0.2) is 0 Å². The van der Waals surface area contributed by atoms with Gasteiger partial charge in [-0.15, -0.1) is 0 Å². The van der Waals surface area contributed by atoms with Crippen LogP contribution < -0.4 is 5.32 Å². The molecule has 0 aliphatic rings. The summed E-state index contributed by atoms with van der Waals surface area (Å²) in [5.74, 6) is 0. The van der Waals surface area contributed by atoms with Gasteiger partial charge < -0.3 is 5.32 Å². The average Bonchev–Trinajstić information content (AvgIpc) is 2.77. The molecule has 0 atom stereocenters. The Labute approximate surface area is 130 Å². The Bertz CT molecular complexity index is 550. The molecule has 1 heterocycles. The number of anilines is 1. The maximum Gasteiger partial charge on any atom is 0.0631 e. The molecular formula is C14H17Br2N3. The van der Waals surface area contributed by atoms with Crippen LogP contribution in [0.2, 0.25) is 0 Å². The Morgan fingerprint density at radius 2 is 1.84 bits per heavy atom. The summed E-state index contributed by atoms with van der Waals surface area (Å²) in [6.07, 6.45) is 3.99. The highest BCUT2D eigenvalue weighted by Gasteiger charge is 2.14. The molecule has 0 aliphatic carbocycles. The van der Waals surface area contributed by atoms with Crippen molar-refractivity contribution in [2.24, 2.45) is 0 Å². The molecular weight excluding hydrogens is 370 g/mol. The molecule has 0 aliphatic heterocycles. The largest absolute Gasteiger partial charge is 0.379 e. The van der Waals surface area contributed by atoms with E-state index < -0.39 is 0 Å². The average molecular weight is 387 g/mol. The minimum Gasteiger partial charge on any atom is -0.379 e.